The van der Waals surface area contributed by atoms with Crippen LogP contribution in [0.15, 0.2) is 46.9 Å². The third-order valence-electron chi connectivity index (χ3n) is 5.07. The van der Waals surface area contributed by atoms with Gasteiger partial charge >= 0.3 is 5.97 Å². The molecule has 0 radical (unpaired) electrons. The predicted molar refractivity (Wildman–Crippen MR) is 90.8 cm³/mol. The first-order valence-corrected chi connectivity index (χ1v) is 8.56. The average Bonchev–Trinajstić information content (AvgIpc) is 3.19. The van der Waals surface area contributed by atoms with E-state index in [4.69, 9.17) is 9.47 Å². The first-order valence-electron chi connectivity index (χ1n) is 7.77. The number of hydrogen-bond acceptors (Lipinski definition) is 3. The molecule has 0 amide bonds. The second-order valence-electron chi connectivity index (χ2n) is 6.31. The molecule has 3 nitrogen and oxygen atoms in total. The molecule has 0 unspecified atom stereocenters. The van der Waals surface area contributed by atoms with E-state index in [9.17, 15) is 4.79 Å². The smallest absolute Gasteiger partial charge is 0.309 e. The van der Waals surface area contributed by atoms with Crippen molar-refractivity contribution < 1.29 is 14.3 Å². The molecule has 0 heterocycles. The number of halogens is 1. The molecule has 0 aliphatic heterocycles. The average molecular weight is 373 g/mol. The number of ether oxygens (including phenoxy) is 2. The van der Waals surface area contributed by atoms with E-state index in [-0.39, 0.29) is 17.3 Å². The number of rotatable bonds is 3. The molecule has 0 N–H and O–H groups in total. The van der Waals surface area contributed by atoms with E-state index in [0.717, 1.165) is 35.2 Å². The van der Waals surface area contributed by atoms with Crippen LogP contribution in [-0.2, 0) is 21.4 Å². The van der Waals surface area contributed by atoms with E-state index in [2.05, 4.69) is 28.1 Å². The minimum absolute atomic E-state index is 0.0108. The Morgan fingerprint density at radius 1 is 1.17 bits per heavy atom. The van der Waals surface area contributed by atoms with Crippen LogP contribution in [-0.4, -0.2) is 13.1 Å². The lowest BCUT2D eigenvalue weighted by Gasteiger charge is -2.13. The summed E-state index contributed by atoms with van der Waals surface area (Å²) in [5.41, 5.74) is 2.59. The van der Waals surface area contributed by atoms with Gasteiger partial charge in [-0.2, -0.15) is 0 Å². The molecule has 2 aliphatic carbocycles. The summed E-state index contributed by atoms with van der Waals surface area (Å²) >= 11 is 3.42. The van der Waals surface area contributed by atoms with Gasteiger partial charge in [0.05, 0.1) is 13.0 Å². The fourth-order valence-electron chi connectivity index (χ4n) is 3.76. The van der Waals surface area contributed by atoms with Crippen molar-refractivity contribution in [3.8, 4) is 11.5 Å². The van der Waals surface area contributed by atoms with Crippen molar-refractivity contribution in [3.05, 3.63) is 58.1 Å². The van der Waals surface area contributed by atoms with Crippen molar-refractivity contribution in [2.24, 2.45) is 5.92 Å². The molecule has 2 aromatic carbocycles. The highest BCUT2D eigenvalue weighted by molar-refractivity contribution is 9.10. The lowest BCUT2D eigenvalue weighted by atomic mass is 9.95. The Balaban J connectivity index is 1.61. The fraction of sp³-hybridized carbons (Fsp3) is 0.316. The highest BCUT2D eigenvalue weighted by atomic mass is 79.9. The molecule has 0 aromatic heterocycles. The summed E-state index contributed by atoms with van der Waals surface area (Å²) < 4.78 is 11.9. The van der Waals surface area contributed by atoms with E-state index in [0.29, 0.717) is 0 Å². The first kappa shape index (κ1) is 14.8. The van der Waals surface area contributed by atoms with Gasteiger partial charge in [-0.3, -0.25) is 4.79 Å². The third-order valence-corrected chi connectivity index (χ3v) is 5.60. The zero-order chi connectivity index (χ0) is 16.0. The van der Waals surface area contributed by atoms with Crippen LogP contribution in [0.25, 0.3) is 0 Å². The number of methoxy groups -OCH3 is 1. The predicted octanol–water partition coefficient (Wildman–Crippen LogP) is 4.62. The standard InChI is InChI=1S/C19H17BrO3/c1-22-18(21)17-11-19(17)9-8-12-2-5-15(10-16(12)19)23-14-6-3-13(20)4-7-14/h2-7,10,17H,8-9,11H2,1H3/t17-,19-/m0/s1. The van der Waals surface area contributed by atoms with Gasteiger partial charge in [-0.15, -0.1) is 0 Å². The third kappa shape index (κ3) is 2.45. The Morgan fingerprint density at radius 2 is 1.91 bits per heavy atom. The number of fused-ring (bicyclic) bond motifs is 2. The SMILES string of the molecule is COC(=O)[C@@H]1C[C@]12CCc1ccc(Oc3ccc(Br)cc3)cc12. The minimum Gasteiger partial charge on any atom is -0.469 e. The molecular formula is C19H17BrO3. The Labute approximate surface area is 143 Å². The van der Waals surface area contributed by atoms with Gasteiger partial charge in [0.15, 0.2) is 0 Å². The Hall–Kier alpha value is -1.81. The molecule has 118 valence electrons. The van der Waals surface area contributed by atoms with Gasteiger partial charge in [-0.1, -0.05) is 22.0 Å². The summed E-state index contributed by atoms with van der Waals surface area (Å²) in [6.45, 7) is 0. The molecule has 2 aliphatic rings. The fourth-order valence-corrected chi connectivity index (χ4v) is 4.03. The highest BCUT2D eigenvalue weighted by Gasteiger charge is 2.62. The number of hydrogen-bond donors (Lipinski definition) is 0. The second-order valence-corrected chi connectivity index (χ2v) is 7.23. The first-order chi connectivity index (χ1) is 11.1. The second kappa shape index (κ2) is 5.38. The lowest BCUT2D eigenvalue weighted by molar-refractivity contribution is -0.142. The Kier molecular flexibility index (Phi) is 3.45. The summed E-state index contributed by atoms with van der Waals surface area (Å²) in [6.07, 6.45) is 2.96. The van der Waals surface area contributed by atoms with E-state index < -0.39 is 0 Å². The monoisotopic (exact) mass is 372 g/mol. The van der Waals surface area contributed by atoms with Crippen LogP contribution >= 0.6 is 15.9 Å². The summed E-state index contributed by atoms with van der Waals surface area (Å²) in [4.78, 5) is 11.9. The van der Waals surface area contributed by atoms with Crippen LogP contribution in [0.3, 0.4) is 0 Å². The molecule has 0 bridgehead atoms. The van der Waals surface area contributed by atoms with Crippen molar-refractivity contribution in [2.75, 3.05) is 7.11 Å². The van der Waals surface area contributed by atoms with E-state index in [1.54, 1.807) is 0 Å². The van der Waals surface area contributed by atoms with Crippen molar-refractivity contribution in [1.29, 1.82) is 0 Å². The maximum absolute atomic E-state index is 11.9. The molecule has 1 saturated carbocycles. The van der Waals surface area contributed by atoms with Crippen LogP contribution in [0.5, 0.6) is 11.5 Å². The maximum Gasteiger partial charge on any atom is 0.309 e. The number of benzene rings is 2. The van der Waals surface area contributed by atoms with Gasteiger partial charge in [0.1, 0.15) is 11.5 Å². The van der Waals surface area contributed by atoms with E-state index >= 15 is 0 Å². The zero-order valence-electron chi connectivity index (χ0n) is 12.8. The van der Waals surface area contributed by atoms with Crippen LogP contribution in [0.2, 0.25) is 0 Å². The molecule has 1 spiro atoms. The molecular weight excluding hydrogens is 356 g/mol. The minimum atomic E-state index is -0.0860. The van der Waals surface area contributed by atoms with Crippen molar-refractivity contribution >= 4 is 21.9 Å². The number of carbonyl (C=O) groups is 1. The molecule has 1 fully saturated rings. The molecule has 4 rings (SSSR count). The lowest BCUT2D eigenvalue weighted by Crippen LogP contribution is -2.13. The molecule has 2 atom stereocenters. The van der Waals surface area contributed by atoms with Gasteiger partial charge in [0, 0.05) is 9.89 Å². The summed E-state index contributed by atoms with van der Waals surface area (Å²) in [5.74, 6) is 1.55. The number of carbonyl (C=O) groups excluding carboxylic acids is 1. The Morgan fingerprint density at radius 3 is 2.65 bits per heavy atom. The summed E-state index contributed by atoms with van der Waals surface area (Å²) in [6, 6.07) is 14.0. The summed E-state index contributed by atoms with van der Waals surface area (Å²) in [5, 5.41) is 0. The van der Waals surface area contributed by atoms with Crippen LogP contribution < -0.4 is 4.74 Å². The number of esters is 1. The van der Waals surface area contributed by atoms with Crippen molar-refractivity contribution in [1.82, 2.24) is 0 Å². The molecule has 23 heavy (non-hydrogen) atoms. The van der Waals surface area contributed by atoms with E-state index in [1.165, 1.54) is 18.2 Å². The van der Waals surface area contributed by atoms with Crippen LogP contribution in [0.4, 0.5) is 0 Å². The Bertz CT molecular complexity index is 769. The van der Waals surface area contributed by atoms with Crippen molar-refractivity contribution in [3.63, 3.8) is 0 Å². The number of aryl methyl sites for hydroxylation is 1. The van der Waals surface area contributed by atoms with Crippen LogP contribution in [0, 0.1) is 5.92 Å². The molecule has 4 heteroatoms. The van der Waals surface area contributed by atoms with Gasteiger partial charge in [0.2, 0.25) is 0 Å². The van der Waals surface area contributed by atoms with Crippen molar-refractivity contribution in [2.45, 2.75) is 24.7 Å². The van der Waals surface area contributed by atoms with Gasteiger partial charge in [-0.25, -0.2) is 0 Å². The quantitative estimate of drug-likeness (QED) is 0.737. The maximum atomic E-state index is 11.9. The van der Waals surface area contributed by atoms with Gasteiger partial charge < -0.3 is 9.47 Å². The summed E-state index contributed by atoms with van der Waals surface area (Å²) in [7, 11) is 1.47. The van der Waals surface area contributed by atoms with E-state index in [1.807, 2.05) is 30.3 Å². The molecule has 0 saturated heterocycles. The van der Waals surface area contributed by atoms with Gasteiger partial charge in [-0.05, 0) is 66.8 Å². The topological polar surface area (TPSA) is 35.5 Å². The van der Waals surface area contributed by atoms with Crippen LogP contribution in [0.1, 0.15) is 24.0 Å². The zero-order valence-corrected chi connectivity index (χ0v) is 14.4. The van der Waals surface area contributed by atoms with Gasteiger partial charge in [0.25, 0.3) is 0 Å². The normalized spacial score (nSPS) is 24.3. The largest absolute Gasteiger partial charge is 0.469 e. The highest BCUT2D eigenvalue weighted by Crippen LogP contribution is 2.62. The molecule has 2 aromatic rings.